The summed E-state index contributed by atoms with van der Waals surface area (Å²) in [5, 5.41) is 1.31. The normalized spacial score (nSPS) is 17.2. The third-order valence-electron chi connectivity index (χ3n) is 5.12. The molecule has 0 aromatic heterocycles. The molecule has 0 saturated carbocycles. The maximum Gasteiger partial charge on any atom is 0.308 e. The van der Waals surface area contributed by atoms with E-state index in [9.17, 15) is 4.57 Å². The van der Waals surface area contributed by atoms with Gasteiger partial charge in [-0.1, -0.05) is 54.6 Å². The Morgan fingerprint density at radius 3 is 2.10 bits per heavy atom. The van der Waals surface area contributed by atoms with Crippen LogP contribution in [0.1, 0.15) is 0 Å². The molecule has 0 amide bonds. The van der Waals surface area contributed by atoms with Crippen molar-refractivity contribution in [1.29, 1.82) is 0 Å². The van der Waals surface area contributed by atoms with Gasteiger partial charge in [0.05, 0.1) is 10.6 Å². The summed E-state index contributed by atoms with van der Waals surface area (Å²) in [6, 6.07) is 29.2. The Balaban J connectivity index is 1.73. The van der Waals surface area contributed by atoms with Gasteiger partial charge < -0.3 is 4.52 Å². The van der Waals surface area contributed by atoms with Gasteiger partial charge in [0.1, 0.15) is 5.75 Å². The van der Waals surface area contributed by atoms with Crippen molar-refractivity contribution in [3.8, 4) is 28.0 Å². The van der Waals surface area contributed by atoms with Crippen LogP contribution in [0, 0.1) is 0 Å². The van der Waals surface area contributed by atoms with Crippen molar-refractivity contribution < 1.29 is 9.09 Å². The first kappa shape index (κ1) is 18.6. The van der Waals surface area contributed by atoms with Crippen LogP contribution in [0.5, 0.6) is 5.75 Å². The SMILES string of the molecule is O=P1(c2cc(-c3ccc(S)cc3)ccc2S)Oc2ccccc2-c2ccccc21. The lowest BCUT2D eigenvalue weighted by molar-refractivity contribution is 0.501. The summed E-state index contributed by atoms with van der Waals surface area (Å²) in [4.78, 5) is 1.55. The van der Waals surface area contributed by atoms with E-state index in [0.717, 1.165) is 27.1 Å². The number of hydrogen-bond acceptors (Lipinski definition) is 4. The summed E-state index contributed by atoms with van der Waals surface area (Å²) < 4.78 is 20.6. The van der Waals surface area contributed by atoms with Crippen LogP contribution in [0.15, 0.2) is 101 Å². The number of benzene rings is 4. The molecule has 1 unspecified atom stereocenters. The molecule has 5 rings (SSSR count). The molecule has 29 heavy (non-hydrogen) atoms. The highest BCUT2D eigenvalue weighted by molar-refractivity contribution is 7.82. The summed E-state index contributed by atoms with van der Waals surface area (Å²) in [7, 11) is -3.37. The van der Waals surface area contributed by atoms with Gasteiger partial charge in [0.15, 0.2) is 0 Å². The zero-order chi connectivity index (χ0) is 20.0. The molecule has 0 aliphatic carbocycles. The molecule has 0 bridgehead atoms. The van der Waals surface area contributed by atoms with E-state index in [1.165, 1.54) is 0 Å². The van der Waals surface area contributed by atoms with Crippen molar-refractivity contribution >= 4 is 43.2 Å². The maximum absolute atomic E-state index is 14.4. The van der Waals surface area contributed by atoms with Gasteiger partial charge in [-0.15, -0.1) is 25.3 Å². The smallest absolute Gasteiger partial charge is 0.308 e. The van der Waals surface area contributed by atoms with E-state index in [1.807, 2.05) is 91.0 Å². The zero-order valence-corrected chi connectivity index (χ0v) is 18.0. The van der Waals surface area contributed by atoms with Gasteiger partial charge in [0, 0.05) is 15.4 Å². The molecule has 4 aromatic rings. The van der Waals surface area contributed by atoms with Crippen molar-refractivity contribution in [1.82, 2.24) is 0 Å². The Hall–Kier alpha value is -2.39. The summed E-state index contributed by atoms with van der Waals surface area (Å²) in [6.07, 6.45) is 0. The van der Waals surface area contributed by atoms with Crippen LogP contribution in [0.25, 0.3) is 22.3 Å². The summed E-state index contributed by atoms with van der Waals surface area (Å²) >= 11 is 8.99. The highest BCUT2D eigenvalue weighted by atomic mass is 32.1. The highest BCUT2D eigenvalue weighted by Gasteiger charge is 2.39. The van der Waals surface area contributed by atoms with Crippen LogP contribution < -0.4 is 15.1 Å². The van der Waals surface area contributed by atoms with Crippen molar-refractivity contribution in [2.45, 2.75) is 9.79 Å². The molecule has 0 N–H and O–H groups in total. The van der Waals surface area contributed by atoms with Crippen LogP contribution in [0.2, 0.25) is 0 Å². The minimum atomic E-state index is -3.37. The molecule has 0 radical (unpaired) electrons. The molecule has 142 valence electrons. The van der Waals surface area contributed by atoms with E-state index < -0.39 is 7.37 Å². The Bertz CT molecular complexity index is 1280. The van der Waals surface area contributed by atoms with E-state index in [4.69, 9.17) is 4.52 Å². The minimum Gasteiger partial charge on any atom is -0.436 e. The molecule has 0 saturated heterocycles. The molecular weight excluding hydrogens is 415 g/mol. The second-order valence-corrected chi connectivity index (χ2v) is 10.2. The fraction of sp³-hybridized carbons (Fsp3) is 0. The van der Waals surface area contributed by atoms with Crippen LogP contribution in [0.4, 0.5) is 0 Å². The fourth-order valence-electron chi connectivity index (χ4n) is 3.69. The number of fused-ring (bicyclic) bond motifs is 3. The molecule has 2 nitrogen and oxygen atoms in total. The Morgan fingerprint density at radius 1 is 0.655 bits per heavy atom. The molecular formula is C24H17O2PS2. The zero-order valence-electron chi connectivity index (χ0n) is 15.3. The monoisotopic (exact) mass is 432 g/mol. The minimum absolute atomic E-state index is 0.607. The molecule has 0 spiro atoms. The fourth-order valence-corrected chi connectivity index (χ4v) is 6.74. The molecule has 1 aliphatic heterocycles. The van der Waals surface area contributed by atoms with E-state index in [1.54, 1.807) is 0 Å². The average molecular weight is 433 g/mol. The molecule has 1 heterocycles. The van der Waals surface area contributed by atoms with E-state index in [-0.39, 0.29) is 0 Å². The van der Waals surface area contributed by atoms with E-state index in [0.29, 0.717) is 21.3 Å². The largest absolute Gasteiger partial charge is 0.436 e. The lowest BCUT2D eigenvalue weighted by Crippen LogP contribution is -2.26. The second kappa shape index (κ2) is 7.14. The first-order chi connectivity index (χ1) is 14.1. The second-order valence-electron chi connectivity index (χ2n) is 6.91. The third-order valence-corrected chi connectivity index (χ3v) is 8.47. The van der Waals surface area contributed by atoms with Gasteiger partial charge in [-0.25, -0.2) is 0 Å². The molecule has 1 atom stereocenters. The molecule has 0 fully saturated rings. The summed E-state index contributed by atoms with van der Waals surface area (Å²) in [6.45, 7) is 0. The van der Waals surface area contributed by atoms with Crippen LogP contribution in [-0.4, -0.2) is 0 Å². The summed E-state index contributed by atoms with van der Waals surface area (Å²) in [5.41, 5.74) is 3.88. The average Bonchev–Trinajstić information content (AvgIpc) is 2.75. The summed E-state index contributed by atoms with van der Waals surface area (Å²) in [5.74, 6) is 0.632. The highest BCUT2D eigenvalue weighted by Crippen LogP contribution is 2.54. The Morgan fingerprint density at radius 2 is 1.31 bits per heavy atom. The Kier molecular flexibility index (Phi) is 4.59. The van der Waals surface area contributed by atoms with Gasteiger partial charge >= 0.3 is 7.37 Å². The molecule has 5 heteroatoms. The molecule has 4 aromatic carbocycles. The van der Waals surface area contributed by atoms with Gasteiger partial charge in [0.2, 0.25) is 0 Å². The number of hydrogen-bond donors (Lipinski definition) is 2. The first-order valence-corrected chi connectivity index (χ1v) is 11.7. The van der Waals surface area contributed by atoms with Gasteiger partial charge in [-0.2, -0.15) is 0 Å². The van der Waals surface area contributed by atoms with Crippen molar-refractivity contribution in [2.75, 3.05) is 0 Å². The van der Waals surface area contributed by atoms with Gasteiger partial charge in [-0.3, -0.25) is 4.57 Å². The quantitative estimate of drug-likeness (QED) is 0.291. The van der Waals surface area contributed by atoms with Crippen molar-refractivity contribution in [3.63, 3.8) is 0 Å². The van der Waals surface area contributed by atoms with Crippen LogP contribution >= 0.6 is 32.6 Å². The van der Waals surface area contributed by atoms with Gasteiger partial charge in [-0.05, 0) is 53.1 Å². The van der Waals surface area contributed by atoms with Crippen molar-refractivity contribution in [2.24, 2.45) is 0 Å². The van der Waals surface area contributed by atoms with Crippen LogP contribution in [-0.2, 0) is 4.57 Å². The standard InChI is InChI=1S/C24H17O2PS2/c25-27(22-8-4-2-6-20(22)19-5-1-3-7-21(19)26-27)23-15-17(11-14-24(23)29)16-9-12-18(28)13-10-16/h1-15,28-29H. The topological polar surface area (TPSA) is 26.3 Å². The predicted octanol–water partition coefficient (Wildman–Crippen LogP) is 6.22. The lowest BCUT2D eigenvalue weighted by Gasteiger charge is -2.29. The maximum atomic E-state index is 14.4. The van der Waals surface area contributed by atoms with Gasteiger partial charge in [0.25, 0.3) is 0 Å². The van der Waals surface area contributed by atoms with Crippen LogP contribution in [0.3, 0.4) is 0 Å². The number of thiol groups is 2. The Labute approximate surface area is 180 Å². The lowest BCUT2D eigenvalue weighted by atomic mass is 10.0. The van der Waals surface area contributed by atoms with Crippen molar-refractivity contribution in [3.05, 3.63) is 91.0 Å². The predicted molar refractivity (Wildman–Crippen MR) is 126 cm³/mol. The van der Waals surface area contributed by atoms with E-state index in [2.05, 4.69) is 25.3 Å². The third kappa shape index (κ3) is 3.12. The number of para-hydroxylation sites is 1. The first-order valence-electron chi connectivity index (χ1n) is 9.18. The molecule has 1 aliphatic rings. The number of rotatable bonds is 2. The van der Waals surface area contributed by atoms with E-state index >= 15 is 0 Å².